The van der Waals surface area contributed by atoms with Gasteiger partial charge in [-0.05, 0) is 56.1 Å². The third-order valence-electron chi connectivity index (χ3n) is 4.98. The highest BCUT2D eigenvalue weighted by atomic mass is 19.4. The molecular weight excluding hydrogens is 447 g/mol. The van der Waals surface area contributed by atoms with Crippen molar-refractivity contribution in [1.82, 2.24) is 9.80 Å². The average molecular weight is 471 g/mol. The zero-order valence-electron chi connectivity index (χ0n) is 18.8. The summed E-state index contributed by atoms with van der Waals surface area (Å²) in [6, 6.07) is 16.8. The number of likely N-dealkylation sites (N-methyl/N-ethyl adjacent to an activating group) is 1. The molecule has 0 radical (unpaired) electrons. The summed E-state index contributed by atoms with van der Waals surface area (Å²) in [5.41, 5.74) is -0.0217. The van der Waals surface area contributed by atoms with Crippen molar-refractivity contribution in [2.24, 2.45) is 0 Å². The number of carbonyl (C=O) groups excluding carboxylic acids is 1. The van der Waals surface area contributed by atoms with E-state index in [4.69, 9.17) is 14.4 Å². The summed E-state index contributed by atoms with van der Waals surface area (Å²) in [5.74, 6) is 0.384. The van der Waals surface area contributed by atoms with Crippen molar-refractivity contribution in [3.63, 3.8) is 0 Å². The second kappa shape index (κ2) is 10.9. The van der Waals surface area contributed by atoms with Gasteiger partial charge in [-0.1, -0.05) is 24.3 Å². The molecule has 3 rings (SSSR count). The summed E-state index contributed by atoms with van der Waals surface area (Å²) in [5, 5.41) is 9.16. The predicted octanol–water partition coefficient (Wildman–Crippen LogP) is 4.95. The first-order valence-electron chi connectivity index (χ1n) is 10.5. The Kier molecular flexibility index (Phi) is 7.97. The Hall–Kier alpha value is -3.77. The summed E-state index contributed by atoms with van der Waals surface area (Å²) in [6.07, 6.45) is -4.46. The minimum absolute atomic E-state index is 0.00132. The van der Waals surface area contributed by atoms with Crippen LogP contribution in [0.5, 0.6) is 5.75 Å². The Morgan fingerprint density at radius 3 is 2.53 bits per heavy atom. The lowest BCUT2D eigenvalue weighted by Crippen LogP contribution is -2.36. The van der Waals surface area contributed by atoms with Crippen LogP contribution in [0.2, 0.25) is 0 Å². The summed E-state index contributed by atoms with van der Waals surface area (Å²) >= 11 is 0. The van der Waals surface area contributed by atoms with Crippen molar-refractivity contribution in [2.45, 2.75) is 19.3 Å². The molecule has 0 atom stereocenters. The van der Waals surface area contributed by atoms with Gasteiger partial charge in [0.05, 0.1) is 11.1 Å². The normalized spacial score (nSPS) is 11.3. The maximum absolute atomic E-state index is 13.1. The molecule has 0 fully saturated rings. The Labute approximate surface area is 195 Å². The zero-order valence-corrected chi connectivity index (χ0v) is 18.8. The minimum Gasteiger partial charge on any atom is -0.484 e. The smallest absolute Gasteiger partial charge is 0.416 e. The number of nitrogens with zero attached hydrogens (tertiary/aromatic N) is 3. The van der Waals surface area contributed by atoms with E-state index in [2.05, 4.69) is 0 Å². The molecule has 34 heavy (non-hydrogen) atoms. The molecule has 0 spiro atoms. The predicted molar refractivity (Wildman–Crippen MR) is 119 cm³/mol. The summed E-state index contributed by atoms with van der Waals surface area (Å²) in [4.78, 5) is 16.5. The monoisotopic (exact) mass is 471 g/mol. The van der Waals surface area contributed by atoms with Crippen LogP contribution in [-0.4, -0.2) is 42.9 Å². The zero-order chi connectivity index (χ0) is 24.7. The maximum Gasteiger partial charge on any atom is 0.416 e. The van der Waals surface area contributed by atoms with Gasteiger partial charge in [-0.2, -0.15) is 18.4 Å². The van der Waals surface area contributed by atoms with Gasteiger partial charge in [0.15, 0.2) is 5.76 Å². The van der Waals surface area contributed by atoms with Crippen LogP contribution in [0.15, 0.2) is 65.1 Å². The molecule has 0 saturated carbocycles. The number of halogens is 3. The third kappa shape index (κ3) is 6.62. The van der Waals surface area contributed by atoms with Crippen LogP contribution in [0, 0.1) is 11.3 Å². The number of alkyl halides is 3. The first kappa shape index (κ1) is 24.9. The highest BCUT2D eigenvalue weighted by Crippen LogP contribution is 2.30. The second-order valence-electron chi connectivity index (χ2n) is 7.89. The van der Waals surface area contributed by atoms with Crippen LogP contribution < -0.4 is 4.74 Å². The van der Waals surface area contributed by atoms with Gasteiger partial charge in [0.1, 0.15) is 24.2 Å². The van der Waals surface area contributed by atoms with Crippen LogP contribution in [-0.2, 0) is 19.3 Å². The lowest BCUT2D eigenvalue weighted by atomic mass is 10.1. The Balaban J connectivity index is 1.74. The number of rotatable bonds is 9. The summed E-state index contributed by atoms with van der Waals surface area (Å²) in [7, 11) is 3.68. The molecule has 1 aromatic heterocycles. The Morgan fingerprint density at radius 2 is 1.82 bits per heavy atom. The van der Waals surface area contributed by atoms with Gasteiger partial charge in [-0.3, -0.25) is 4.79 Å². The highest BCUT2D eigenvalue weighted by molar-refractivity contribution is 5.91. The van der Waals surface area contributed by atoms with Crippen molar-refractivity contribution in [3.8, 4) is 11.8 Å². The molecule has 6 nitrogen and oxygen atoms in total. The molecule has 3 aromatic rings. The Morgan fingerprint density at radius 1 is 1.06 bits per heavy atom. The lowest BCUT2D eigenvalue weighted by Gasteiger charge is -2.24. The molecule has 0 aliphatic carbocycles. The standard InChI is InChI=1S/C25H24F3N3O3/c1-30(2)12-13-31(16-18-6-5-8-20(14-18)25(26,27)28)24(32)23-11-10-21(34-23)17-33-22-9-4-3-7-19(22)15-29/h3-11,14H,12-13,16-17H2,1-2H3. The molecule has 0 aliphatic heterocycles. The van der Waals surface area contributed by atoms with E-state index in [9.17, 15) is 18.0 Å². The van der Waals surface area contributed by atoms with Gasteiger partial charge in [0.25, 0.3) is 5.91 Å². The molecule has 0 unspecified atom stereocenters. The molecule has 0 N–H and O–H groups in total. The van der Waals surface area contributed by atoms with E-state index >= 15 is 0 Å². The fourth-order valence-corrected chi connectivity index (χ4v) is 3.20. The van der Waals surface area contributed by atoms with E-state index in [0.717, 1.165) is 12.1 Å². The van der Waals surface area contributed by atoms with Gasteiger partial charge >= 0.3 is 6.18 Å². The SMILES string of the molecule is CN(C)CCN(Cc1cccc(C(F)(F)F)c1)C(=O)c1ccc(COc2ccccc2C#N)o1. The van der Waals surface area contributed by atoms with E-state index < -0.39 is 17.6 Å². The number of hydrogen-bond donors (Lipinski definition) is 0. The number of ether oxygens (including phenoxy) is 1. The summed E-state index contributed by atoms with van der Waals surface area (Å²) in [6.45, 7) is 0.826. The molecule has 0 aliphatic rings. The molecule has 1 amide bonds. The van der Waals surface area contributed by atoms with E-state index in [1.807, 2.05) is 25.1 Å². The molecule has 1 heterocycles. The van der Waals surface area contributed by atoms with Gasteiger partial charge in [0.2, 0.25) is 0 Å². The van der Waals surface area contributed by atoms with E-state index in [0.29, 0.717) is 35.7 Å². The molecule has 0 saturated heterocycles. The number of amides is 1. The first-order valence-corrected chi connectivity index (χ1v) is 10.5. The van der Waals surface area contributed by atoms with Crippen molar-refractivity contribution in [3.05, 3.63) is 88.9 Å². The topological polar surface area (TPSA) is 69.7 Å². The number of para-hydroxylation sites is 1. The van der Waals surface area contributed by atoms with Gasteiger partial charge in [0, 0.05) is 19.6 Å². The molecule has 0 bridgehead atoms. The van der Waals surface area contributed by atoms with Crippen molar-refractivity contribution in [2.75, 3.05) is 27.2 Å². The van der Waals surface area contributed by atoms with Crippen LogP contribution in [0.1, 0.15) is 33.0 Å². The lowest BCUT2D eigenvalue weighted by molar-refractivity contribution is -0.137. The quantitative estimate of drug-likeness (QED) is 0.442. The maximum atomic E-state index is 13.1. The van der Waals surface area contributed by atoms with E-state index in [1.54, 1.807) is 36.4 Å². The van der Waals surface area contributed by atoms with Crippen LogP contribution in [0.25, 0.3) is 0 Å². The average Bonchev–Trinajstić information content (AvgIpc) is 3.28. The number of furan rings is 1. The molecule has 178 valence electrons. The van der Waals surface area contributed by atoms with Crippen LogP contribution in [0.3, 0.4) is 0 Å². The highest BCUT2D eigenvalue weighted by Gasteiger charge is 2.30. The number of nitriles is 1. The fourth-order valence-electron chi connectivity index (χ4n) is 3.20. The molecular formula is C25H24F3N3O3. The van der Waals surface area contributed by atoms with Crippen molar-refractivity contribution in [1.29, 1.82) is 5.26 Å². The first-order chi connectivity index (χ1) is 16.2. The molecule has 9 heteroatoms. The van der Waals surface area contributed by atoms with Gasteiger partial charge in [-0.15, -0.1) is 0 Å². The van der Waals surface area contributed by atoms with Crippen molar-refractivity contribution < 1.29 is 27.1 Å². The number of carbonyl (C=O) groups is 1. The van der Waals surface area contributed by atoms with Crippen LogP contribution >= 0.6 is 0 Å². The largest absolute Gasteiger partial charge is 0.484 e. The van der Waals surface area contributed by atoms with E-state index in [1.165, 1.54) is 17.0 Å². The van der Waals surface area contributed by atoms with Crippen molar-refractivity contribution >= 4 is 5.91 Å². The van der Waals surface area contributed by atoms with Crippen LogP contribution in [0.4, 0.5) is 13.2 Å². The number of benzene rings is 2. The minimum atomic E-state index is -4.46. The second-order valence-corrected chi connectivity index (χ2v) is 7.89. The Bertz CT molecular complexity index is 1170. The van der Waals surface area contributed by atoms with Gasteiger partial charge < -0.3 is 19.0 Å². The molecule has 2 aromatic carbocycles. The van der Waals surface area contributed by atoms with Gasteiger partial charge in [-0.25, -0.2) is 0 Å². The van der Waals surface area contributed by atoms with E-state index in [-0.39, 0.29) is 18.9 Å². The summed E-state index contributed by atoms with van der Waals surface area (Å²) < 4.78 is 50.6. The fraction of sp³-hybridized carbons (Fsp3) is 0.280. The third-order valence-corrected chi connectivity index (χ3v) is 4.98. The number of hydrogen-bond acceptors (Lipinski definition) is 5.